The van der Waals surface area contributed by atoms with Gasteiger partial charge in [-0.25, -0.2) is 8.78 Å². The molecule has 0 saturated heterocycles. The average molecular weight is 333 g/mol. The number of rotatable bonds is 3. The largest absolute Gasteiger partial charge is 0.457 e. The molecule has 2 aromatic carbocycles. The summed E-state index contributed by atoms with van der Waals surface area (Å²) in [5.41, 5.74) is 1.25. The van der Waals surface area contributed by atoms with Gasteiger partial charge in [0.05, 0.1) is 11.6 Å². The minimum atomic E-state index is -1.39. The molecule has 1 N–H and O–H groups in total. The fourth-order valence-electron chi connectivity index (χ4n) is 2.73. The van der Waals surface area contributed by atoms with Gasteiger partial charge in [-0.2, -0.15) is 5.26 Å². The SMILES string of the molecule is CSc1ccc(Oc2cc(F)cc(C#N)c2)c2c1C(O)C(F)C2. The monoisotopic (exact) mass is 333 g/mol. The fraction of sp³-hybridized carbons (Fsp3) is 0.235. The van der Waals surface area contributed by atoms with E-state index in [2.05, 4.69) is 0 Å². The Hall–Kier alpha value is -2.10. The highest BCUT2D eigenvalue weighted by Gasteiger charge is 2.35. The van der Waals surface area contributed by atoms with Crippen LogP contribution in [0.2, 0.25) is 0 Å². The highest BCUT2D eigenvalue weighted by Crippen LogP contribution is 2.44. The lowest BCUT2D eigenvalue weighted by atomic mass is 10.1. The molecule has 2 unspecified atom stereocenters. The standard InChI is InChI=1S/C17H13F2NO2S/c1-23-15-3-2-14(12-7-13(19)17(21)16(12)15)22-11-5-9(8-20)4-10(18)6-11/h2-6,13,17,21H,7H2,1H3. The Labute approximate surface area is 136 Å². The number of ether oxygens (including phenoxy) is 1. The summed E-state index contributed by atoms with van der Waals surface area (Å²) in [4.78, 5) is 0.789. The predicted octanol–water partition coefficient (Wildman–Crippen LogP) is 4.14. The van der Waals surface area contributed by atoms with Crippen LogP contribution in [0.3, 0.4) is 0 Å². The summed E-state index contributed by atoms with van der Waals surface area (Å²) in [6.45, 7) is 0. The van der Waals surface area contributed by atoms with Gasteiger partial charge in [-0.3, -0.25) is 0 Å². The van der Waals surface area contributed by atoms with Gasteiger partial charge in [0.15, 0.2) is 0 Å². The highest BCUT2D eigenvalue weighted by atomic mass is 32.2. The van der Waals surface area contributed by atoms with Crippen molar-refractivity contribution in [2.24, 2.45) is 0 Å². The Bertz CT molecular complexity index is 804. The number of thioether (sulfide) groups is 1. The van der Waals surface area contributed by atoms with Crippen LogP contribution in [0.25, 0.3) is 0 Å². The smallest absolute Gasteiger partial charge is 0.134 e. The average Bonchev–Trinajstić information content (AvgIpc) is 2.83. The summed E-state index contributed by atoms with van der Waals surface area (Å²) in [5.74, 6) is -0.0521. The maximum Gasteiger partial charge on any atom is 0.134 e. The second-order valence-electron chi connectivity index (χ2n) is 5.21. The molecule has 0 aromatic heterocycles. The van der Waals surface area contributed by atoms with Gasteiger partial charge in [0, 0.05) is 28.5 Å². The number of aliphatic hydroxyl groups is 1. The highest BCUT2D eigenvalue weighted by molar-refractivity contribution is 7.98. The first-order valence-electron chi connectivity index (χ1n) is 6.94. The molecule has 23 heavy (non-hydrogen) atoms. The van der Waals surface area contributed by atoms with Gasteiger partial charge in [-0.1, -0.05) is 0 Å². The maximum atomic E-state index is 13.9. The number of hydrogen-bond donors (Lipinski definition) is 1. The van der Waals surface area contributed by atoms with Crippen LogP contribution in [-0.2, 0) is 6.42 Å². The quantitative estimate of drug-likeness (QED) is 0.858. The molecule has 0 heterocycles. The van der Waals surface area contributed by atoms with Crippen molar-refractivity contribution in [2.45, 2.75) is 23.6 Å². The van der Waals surface area contributed by atoms with Crippen LogP contribution < -0.4 is 4.74 Å². The zero-order valence-corrected chi connectivity index (χ0v) is 13.0. The Morgan fingerprint density at radius 2 is 2.13 bits per heavy atom. The first-order chi connectivity index (χ1) is 11.0. The van der Waals surface area contributed by atoms with Crippen molar-refractivity contribution in [1.82, 2.24) is 0 Å². The summed E-state index contributed by atoms with van der Waals surface area (Å²) >= 11 is 1.42. The number of aliphatic hydroxyl groups excluding tert-OH is 1. The number of nitriles is 1. The van der Waals surface area contributed by atoms with Crippen LogP contribution in [0.1, 0.15) is 22.8 Å². The molecular formula is C17H13F2NO2S. The van der Waals surface area contributed by atoms with Crippen LogP contribution in [0.15, 0.2) is 35.2 Å². The Morgan fingerprint density at radius 3 is 2.83 bits per heavy atom. The number of nitrogens with zero attached hydrogens (tertiary/aromatic N) is 1. The molecule has 1 aliphatic rings. The molecule has 3 nitrogen and oxygen atoms in total. The van der Waals surface area contributed by atoms with Crippen LogP contribution in [0, 0.1) is 17.1 Å². The molecule has 2 aromatic rings. The minimum absolute atomic E-state index is 0.0423. The van der Waals surface area contributed by atoms with E-state index < -0.39 is 18.1 Å². The van der Waals surface area contributed by atoms with Gasteiger partial charge < -0.3 is 9.84 Å². The number of alkyl halides is 1. The van der Waals surface area contributed by atoms with E-state index in [9.17, 15) is 13.9 Å². The van der Waals surface area contributed by atoms with Gasteiger partial charge in [0.1, 0.15) is 29.6 Å². The topological polar surface area (TPSA) is 53.2 Å². The lowest BCUT2D eigenvalue weighted by molar-refractivity contribution is 0.0908. The van der Waals surface area contributed by atoms with Gasteiger partial charge in [-0.15, -0.1) is 11.8 Å². The summed E-state index contributed by atoms with van der Waals surface area (Å²) in [6, 6.07) is 8.95. The molecule has 3 rings (SSSR count). The Morgan fingerprint density at radius 1 is 1.35 bits per heavy atom. The van der Waals surface area contributed by atoms with Crippen molar-refractivity contribution in [1.29, 1.82) is 5.26 Å². The normalized spacial score (nSPS) is 19.3. The second-order valence-corrected chi connectivity index (χ2v) is 6.06. The first-order valence-corrected chi connectivity index (χ1v) is 8.16. The third kappa shape index (κ3) is 2.90. The molecule has 0 radical (unpaired) electrons. The molecule has 0 bridgehead atoms. The second kappa shape index (κ2) is 6.19. The van der Waals surface area contributed by atoms with Crippen molar-refractivity contribution in [2.75, 3.05) is 6.26 Å². The van der Waals surface area contributed by atoms with E-state index in [1.807, 2.05) is 12.3 Å². The third-order valence-electron chi connectivity index (χ3n) is 3.76. The first kappa shape index (κ1) is 15.8. The number of benzene rings is 2. The summed E-state index contributed by atoms with van der Waals surface area (Å²) in [7, 11) is 0. The van der Waals surface area contributed by atoms with Gasteiger partial charge in [0.2, 0.25) is 0 Å². The van der Waals surface area contributed by atoms with E-state index >= 15 is 0 Å². The molecule has 0 fully saturated rings. The molecule has 118 valence electrons. The fourth-order valence-corrected chi connectivity index (χ4v) is 3.40. The molecule has 0 amide bonds. The van der Waals surface area contributed by atoms with Gasteiger partial charge in [0.25, 0.3) is 0 Å². The molecule has 0 saturated carbocycles. The molecule has 1 aliphatic carbocycles. The lowest BCUT2D eigenvalue weighted by Gasteiger charge is -2.14. The number of fused-ring (bicyclic) bond motifs is 1. The van der Waals surface area contributed by atoms with Gasteiger partial charge in [-0.05, 0) is 30.5 Å². The van der Waals surface area contributed by atoms with Crippen molar-refractivity contribution >= 4 is 11.8 Å². The summed E-state index contributed by atoms with van der Waals surface area (Å²) in [5, 5.41) is 18.9. The van der Waals surface area contributed by atoms with Crippen LogP contribution in [0.4, 0.5) is 8.78 Å². The van der Waals surface area contributed by atoms with E-state index in [0.29, 0.717) is 16.9 Å². The molecule has 2 atom stereocenters. The van der Waals surface area contributed by atoms with Crippen molar-refractivity contribution in [3.63, 3.8) is 0 Å². The molecule has 0 aliphatic heterocycles. The van der Waals surface area contributed by atoms with E-state index in [0.717, 1.165) is 17.0 Å². The van der Waals surface area contributed by atoms with Gasteiger partial charge >= 0.3 is 0 Å². The van der Waals surface area contributed by atoms with E-state index in [1.165, 1.54) is 17.8 Å². The van der Waals surface area contributed by atoms with E-state index in [4.69, 9.17) is 10.00 Å². The number of hydrogen-bond acceptors (Lipinski definition) is 4. The Balaban J connectivity index is 2.03. The summed E-state index contributed by atoms with van der Waals surface area (Å²) < 4.78 is 33.1. The zero-order chi connectivity index (χ0) is 16.6. The third-order valence-corrected chi connectivity index (χ3v) is 4.56. The predicted molar refractivity (Wildman–Crippen MR) is 83.0 cm³/mol. The maximum absolute atomic E-state index is 13.9. The van der Waals surface area contributed by atoms with Crippen LogP contribution in [0.5, 0.6) is 11.5 Å². The Kier molecular flexibility index (Phi) is 4.24. The van der Waals surface area contributed by atoms with E-state index in [1.54, 1.807) is 12.1 Å². The van der Waals surface area contributed by atoms with Crippen LogP contribution in [-0.4, -0.2) is 17.5 Å². The van der Waals surface area contributed by atoms with Crippen molar-refractivity contribution < 1.29 is 18.6 Å². The molecule has 6 heteroatoms. The van der Waals surface area contributed by atoms with E-state index in [-0.39, 0.29) is 17.7 Å². The lowest BCUT2D eigenvalue weighted by Crippen LogP contribution is -2.06. The zero-order valence-electron chi connectivity index (χ0n) is 12.2. The van der Waals surface area contributed by atoms with Crippen LogP contribution >= 0.6 is 11.8 Å². The molecule has 0 spiro atoms. The van der Waals surface area contributed by atoms with Crippen molar-refractivity contribution in [3.05, 3.63) is 52.8 Å². The van der Waals surface area contributed by atoms with Crippen molar-refractivity contribution in [3.8, 4) is 17.6 Å². The summed E-state index contributed by atoms with van der Waals surface area (Å²) in [6.07, 6.45) is -0.679. The minimum Gasteiger partial charge on any atom is -0.457 e. The molecular weight excluding hydrogens is 320 g/mol. The number of halogens is 2.